The lowest BCUT2D eigenvalue weighted by Gasteiger charge is -2.37. The van der Waals surface area contributed by atoms with E-state index in [2.05, 4.69) is 43.9 Å². The highest BCUT2D eigenvalue weighted by molar-refractivity contribution is 8.00. The van der Waals surface area contributed by atoms with Crippen molar-refractivity contribution in [2.75, 3.05) is 26.0 Å². The maximum Gasteiger partial charge on any atom is 0.329 e. The van der Waals surface area contributed by atoms with Crippen LogP contribution < -0.4 is 4.74 Å². The van der Waals surface area contributed by atoms with E-state index in [4.69, 9.17) is 9.47 Å². The molecule has 0 fully saturated rings. The number of hydrogen-bond donors (Lipinski definition) is 0. The Morgan fingerprint density at radius 2 is 2.04 bits per heavy atom. The summed E-state index contributed by atoms with van der Waals surface area (Å²) in [6.45, 7) is 7.92. The summed E-state index contributed by atoms with van der Waals surface area (Å²) in [7, 11) is 1.47. The Labute approximate surface area is 161 Å². The van der Waals surface area contributed by atoms with Crippen LogP contribution in [0.4, 0.5) is 0 Å². The zero-order valence-electron chi connectivity index (χ0n) is 16.4. The smallest absolute Gasteiger partial charge is 0.329 e. The van der Waals surface area contributed by atoms with Crippen LogP contribution in [0.15, 0.2) is 36.5 Å². The first kappa shape index (κ1) is 20.7. The lowest BCUT2D eigenvalue weighted by Crippen LogP contribution is -2.51. The third-order valence-corrected chi connectivity index (χ3v) is 5.94. The van der Waals surface area contributed by atoms with E-state index < -0.39 is 0 Å². The van der Waals surface area contributed by atoms with Gasteiger partial charge < -0.3 is 14.4 Å². The van der Waals surface area contributed by atoms with Crippen LogP contribution in [0.2, 0.25) is 0 Å². The van der Waals surface area contributed by atoms with Gasteiger partial charge in [0.25, 0.3) is 0 Å². The topological polar surface area (TPSA) is 38.8 Å². The average molecular weight is 378 g/mol. The predicted octanol–water partition coefficient (Wildman–Crippen LogP) is 4.29. The molecule has 0 unspecified atom stereocenters. The minimum atomic E-state index is -0.284. The van der Waals surface area contributed by atoms with E-state index in [1.165, 1.54) is 12.7 Å². The van der Waals surface area contributed by atoms with E-state index in [1.54, 1.807) is 11.8 Å². The molecule has 1 atom stereocenters. The number of carbonyl (C=O) groups excluding carboxylic acids is 1. The molecule has 0 aliphatic carbocycles. The molecule has 0 amide bonds. The summed E-state index contributed by atoms with van der Waals surface area (Å²) in [5.41, 5.74) is 1.24. The number of carbonyl (C=O) groups is 1. The molecule has 0 bridgehead atoms. The molecule has 1 aliphatic rings. The van der Waals surface area contributed by atoms with Crippen molar-refractivity contribution >= 4 is 17.7 Å². The summed E-state index contributed by atoms with van der Waals surface area (Å²) in [6, 6.07) is 7.99. The third kappa shape index (κ3) is 5.70. The number of hydrogen-bond acceptors (Lipinski definition) is 5. The number of esters is 1. The van der Waals surface area contributed by atoms with Crippen LogP contribution in [-0.2, 0) is 16.0 Å². The van der Waals surface area contributed by atoms with Gasteiger partial charge in [-0.25, -0.2) is 4.79 Å². The van der Waals surface area contributed by atoms with Gasteiger partial charge in [0.05, 0.1) is 13.7 Å². The Hall–Kier alpha value is -1.62. The van der Waals surface area contributed by atoms with E-state index in [0.29, 0.717) is 0 Å². The maximum atomic E-state index is 12.4. The molecule has 1 aliphatic heterocycles. The summed E-state index contributed by atoms with van der Waals surface area (Å²) >= 11 is 1.78. The van der Waals surface area contributed by atoms with Gasteiger partial charge in [-0.2, -0.15) is 0 Å². The molecular weight excluding hydrogens is 346 g/mol. The number of thioether (sulfide) groups is 1. The molecule has 26 heavy (non-hydrogen) atoms. The van der Waals surface area contributed by atoms with Crippen molar-refractivity contribution in [1.82, 2.24) is 4.90 Å². The Kier molecular flexibility index (Phi) is 7.88. The fraction of sp³-hybridized carbons (Fsp3) is 0.571. The van der Waals surface area contributed by atoms with Gasteiger partial charge in [-0.15, -0.1) is 11.8 Å². The van der Waals surface area contributed by atoms with Gasteiger partial charge in [-0.3, -0.25) is 0 Å². The summed E-state index contributed by atoms with van der Waals surface area (Å²) in [6.07, 6.45) is 7.25. The molecule has 2 rings (SSSR count). The molecule has 1 heterocycles. The highest BCUT2D eigenvalue weighted by Gasteiger charge is 2.40. The Morgan fingerprint density at radius 3 is 2.69 bits per heavy atom. The molecule has 0 aromatic heterocycles. The third-order valence-electron chi connectivity index (χ3n) is 4.61. The number of unbranched alkanes of at least 4 members (excludes halogenated alkanes) is 1. The average Bonchev–Trinajstić information content (AvgIpc) is 2.78. The minimum absolute atomic E-state index is 0.172. The second-order valence-electron chi connectivity index (χ2n) is 7.06. The summed E-state index contributed by atoms with van der Waals surface area (Å²) < 4.78 is 10.6. The molecule has 0 spiro atoms. The first-order valence-electron chi connectivity index (χ1n) is 9.34. The zero-order chi connectivity index (χ0) is 19.0. The van der Waals surface area contributed by atoms with Gasteiger partial charge in [0.2, 0.25) is 0 Å². The number of methoxy groups -OCH3 is 1. The van der Waals surface area contributed by atoms with E-state index in [0.717, 1.165) is 43.9 Å². The van der Waals surface area contributed by atoms with Gasteiger partial charge >= 0.3 is 5.97 Å². The summed E-state index contributed by atoms with van der Waals surface area (Å²) in [5, 5.41) is 0. The van der Waals surface area contributed by atoms with E-state index in [-0.39, 0.29) is 16.8 Å². The summed E-state index contributed by atoms with van der Waals surface area (Å²) in [4.78, 5) is 14.5. The second-order valence-corrected chi connectivity index (χ2v) is 8.73. The van der Waals surface area contributed by atoms with Gasteiger partial charge in [-0.1, -0.05) is 31.6 Å². The normalized spacial score (nSPS) is 19.1. The largest absolute Gasteiger partial charge is 0.494 e. The van der Waals surface area contributed by atoms with Gasteiger partial charge in [-0.05, 0) is 50.6 Å². The van der Waals surface area contributed by atoms with Crippen LogP contribution in [0.3, 0.4) is 0 Å². The maximum absolute atomic E-state index is 12.4. The number of ether oxygens (including phenoxy) is 2. The molecule has 5 heteroatoms. The van der Waals surface area contributed by atoms with Crippen LogP contribution in [0.5, 0.6) is 5.75 Å². The summed E-state index contributed by atoms with van der Waals surface area (Å²) in [5.74, 6) is 1.65. The number of rotatable bonds is 8. The molecule has 0 saturated carbocycles. The first-order chi connectivity index (χ1) is 12.5. The zero-order valence-corrected chi connectivity index (χ0v) is 17.2. The van der Waals surface area contributed by atoms with Gasteiger partial charge in [0, 0.05) is 17.0 Å². The van der Waals surface area contributed by atoms with E-state index in [1.807, 2.05) is 18.3 Å². The number of benzene rings is 1. The van der Waals surface area contributed by atoms with Gasteiger partial charge in [0.1, 0.15) is 11.8 Å². The van der Waals surface area contributed by atoms with Crippen molar-refractivity contribution < 1.29 is 14.3 Å². The predicted molar refractivity (Wildman–Crippen MR) is 109 cm³/mol. The van der Waals surface area contributed by atoms with Crippen LogP contribution >= 0.6 is 11.8 Å². The lowest BCUT2D eigenvalue weighted by atomic mass is 10.0. The standard InChI is InChI=1S/C21H31NO3S/c1-5-6-15-25-18-10-8-17(9-11-18)12-14-22-13-7-16-26-21(2,3)19(22)20(23)24-4/h7-11,13,19H,5-6,12,14-16H2,1-4H3/t19-/m0/s1. The Bertz CT molecular complexity index is 598. The van der Waals surface area contributed by atoms with Crippen LogP contribution in [0, 0.1) is 0 Å². The van der Waals surface area contributed by atoms with E-state index >= 15 is 0 Å². The Balaban J connectivity index is 2.00. The number of nitrogens with zero attached hydrogens (tertiary/aromatic N) is 1. The quantitative estimate of drug-likeness (QED) is 0.499. The molecule has 144 valence electrons. The lowest BCUT2D eigenvalue weighted by molar-refractivity contribution is -0.146. The monoisotopic (exact) mass is 377 g/mol. The van der Waals surface area contributed by atoms with Crippen LogP contribution in [0.25, 0.3) is 0 Å². The molecule has 0 N–H and O–H groups in total. The second kappa shape index (κ2) is 9.91. The highest BCUT2D eigenvalue weighted by atomic mass is 32.2. The Morgan fingerprint density at radius 1 is 1.31 bits per heavy atom. The van der Waals surface area contributed by atoms with Crippen LogP contribution in [-0.4, -0.2) is 47.7 Å². The van der Waals surface area contributed by atoms with Crippen molar-refractivity contribution in [2.24, 2.45) is 0 Å². The fourth-order valence-corrected chi connectivity index (χ4v) is 4.09. The highest BCUT2D eigenvalue weighted by Crippen LogP contribution is 2.34. The molecule has 0 radical (unpaired) electrons. The van der Waals surface area contributed by atoms with Crippen molar-refractivity contribution in [3.8, 4) is 5.75 Å². The molecule has 0 saturated heterocycles. The molecule has 1 aromatic carbocycles. The van der Waals surface area contributed by atoms with Crippen molar-refractivity contribution in [3.05, 3.63) is 42.1 Å². The molecule has 1 aromatic rings. The molecule has 4 nitrogen and oxygen atoms in total. The molecular formula is C21H31NO3S. The van der Waals surface area contributed by atoms with Crippen molar-refractivity contribution in [1.29, 1.82) is 0 Å². The van der Waals surface area contributed by atoms with Crippen LogP contribution in [0.1, 0.15) is 39.2 Å². The van der Waals surface area contributed by atoms with Crippen molar-refractivity contribution in [3.63, 3.8) is 0 Å². The first-order valence-corrected chi connectivity index (χ1v) is 10.3. The van der Waals surface area contributed by atoms with Gasteiger partial charge in [0.15, 0.2) is 0 Å². The van der Waals surface area contributed by atoms with Crippen molar-refractivity contribution in [2.45, 2.75) is 50.8 Å². The fourth-order valence-electron chi connectivity index (χ4n) is 3.09. The SMILES string of the molecule is CCCCOc1ccc(CCN2C=CCSC(C)(C)[C@@H]2C(=O)OC)cc1. The van der Waals surface area contributed by atoms with E-state index in [9.17, 15) is 4.79 Å². The minimum Gasteiger partial charge on any atom is -0.494 e.